The maximum atomic E-state index is 7.01. The molecule has 0 fully saturated rings. The Labute approximate surface area is 323 Å². The summed E-state index contributed by atoms with van der Waals surface area (Å²) >= 11 is 0. The normalized spacial score (nSPS) is 12.9. The molecule has 13 rings (SSSR count). The van der Waals surface area contributed by atoms with Crippen molar-refractivity contribution >= 4 is 89.4 Å². The smallest absolute Gasteiger partial charge is 0.333 e. The Morgan fingerprint density at radius 2 is 1.14 bits per heavy atom. The van der Waals surface area contributed by atoms with E-state index in [-0.39, 0.29) is 6.85 Å². The molecule has 2 aromatic heterocycles. The van der Waals surface area contributed by atoms with Crippen LogP contribution in [0.2, 0.25) is 0 Å². The van der Waals surface area contributed by atoms with Gasteiger partial charge in [0.15, 0.2) is 5.58 Å². The molecule has 0 radical (unpaired) electrons. The molecular formula is C52H31BN2O. The first-order chi connectivity index (χ1) is 27.8. The molecule has 2 aliphatic heterocycles. The highest BCUT2D eigenvalue weighted by Crippen LogP contribution is 2.50. The van der Waals surface area contributed by atoms with E-state index in [2.05, 4.69) is 197 Å². The maximum absolute atomic E-state index is 7.01. The van der Waals surface area contributed by atoms with Crippen molar-refractivity contribution in [2.75, 3.05) is 4.90 Å². The Kier molecular flexibility index (Phi) is 5.98. The van der Waals surface area contributed by atoms with Gasteiger partial charge in [-0.1, -0.05) is 152 Å². The van der Waals surface area contributed by atoms with Gasteiger partial charge in [0.25, 0.3) is 0 Å². The second-order valence-electron chi connectivity index (χ2n) is 15.2. The molecule has 4 heterocycles. The van der Waals surface area contributed by atoms with Crippen LogP contribution in [0, 0.1) is 0 Å². The van der Waals surface area contributed by atoms with Gasteiger partial charge in [-0.2, -0.15) is 0 Å². The van der Waals surface area contributed by atoms with Crippen LogP contribution >= 0.6 is 0 Å². The van der Waals surface area contributed by atoms with Crippen molar-refractivity contribution < 1.29 is 4.42 Å². The summed E-state index contributed by atoms with van der Waals surface area (Å²) in [5.74, 6) is 0. The van der Waals surface area contributed by atoms with Gasteiger partial charge in [0.2, 0.25) is 0 Å². The number of anilines is 3. The topological polar surface area (TPSA) is 21.3 Å². The van der Waals surface area contributed by atoms with Gasteiger partial charge in [-0.15, -0.1) is 0 Å². The maximum Gasteiger partial charge on any atom is 0.333 e. The molecule has 3 nitrogen and oxygen atoms in total. The number of hydrogen-bond donors (Lipinski definition) is 0. The highest BCUT2D eigenvalue weighted by atomic mass is 16.3. The Balaban J connectivity index is 1.20. The predicted molar refractivity (Wildman–Crippen MR) is 236 cm³/mol. The van der Waals surface area contributed by atoms with Crippen LogP contribution < -0.4 is 15.8 Å². The van der Waals surface area contributed by atoms with Gasteiger partial charge in [-0.25, -0.2) is 0 Å². The van der Waals surface area contributed by atoms with Crippen LogP contribution in [-0.2, 0) is 0 Å². The van der Waals surface area contributed by atoms with Crippen LogP contribution in [0.5, 0.6) is 0 Å². The zero-order valence-corrected chi connectivity index (χ0v) is 30.3. The molecule has 0 amide bonds. The summed E-state index contributed by atoms with van der Waals surface area (Å²) in [5.41, 5.74) is 17.6. The van der Waals surface area contributed by atoms with E-state index in [4.69, 9.17) is 4.42 Å². The predicted octanol–water partition coefficient (Wildman–Crippen LogP) is 12.6. The molecule has 9 aromatic carbocycles. The number of nitrogens with zero attached hydrogens (tertiary/aromatic N) is 2. The fourth-order valence-corrected chi connectivity index (χ4v) is 9.97. The van der Waals surface area contributed by atoms with Crippen LogP contribution in [0.1, 0.15) is 0 Å². The van der Waals surface area contributed by atoms with E-state index in [0.717, 1.165) is 39.0 Å². The highest BCUT2D eigenvalue weighted by Gasteiger charge is 2.44. The zero-order valence-electron chi connectivity index (χ0n) is 30.3. The molecule has 0 atom stereocenters. The minimum atomic E-state index is -0.104. The number of para-hydroxylation sites is 2. The zero-order chi connectivity index (χ0) is 36.5. The Morgan fingerprint density at radius 3 is 1.96 bits per heavy atom. The summed E-state index contributed by atoms with van der Waals surface area (Å²) in [6.45, 7) is -0.104. The van der Waals surface area contributed by atoms with Crippen molar-refractivity contribution in [3.63, 3.8) is 0 Å². The van der Waals surface area contributed by atoms with Gasteiger partial charge >= 0.3 is 6.85 Å². The van der Waals surface area contributed by atoms with Crippen molar-refractivity contribution in [2.24, 2.45) is 0 Å². The third-order valence-electron chi connectivity index (χ3n) is 12.3. The van der Waals surface area contributed by atoms with E-state index < -0.39 is 0 Å². The van der Waals surface area contributed by atoms with Crippen LogP contribution in [0.25, 0.3) is 87.9 Å². The van der Waals surface area contributed by atoms with Gasteiger partial charge < -0.3 is 13.8 Å². The lowest BCUT2D eigenvalue weighted by Gasteiger charge is -2.40. The minimum Gasteiger partial charge on any atom is -0.454 e. The van der Waals surface area contributed by atoms with E-state index >= 15 is 0 Å². The highest BCUT2D eigenvalue weighted by molar-refractivity contribution is 6.90. The second-order valence-corrected chi connectivity index (χ2v) is 15.2. The lowest BCUT2D eigenvalue weighted by molar-refractivity contribution is 0.669. The summed E-state index contributed by atoms with van der Waals surface area (Å²) in [5, 5.41) is 7.40. The third-order valence-corrected chi connectivity index (χ3v) is 12.3. The number of hydrogen-bond acceptors (Lipinski definition) is 2. The van der Waals surface area contributed by atoms with Gasteiger partial charge in [0.1, 0.15) is 5.58 Å². The molecule has 2 aliphatic rings. The quantitative estimate of drug-likeness (QED) is 0.170. The van der Waals surface area contributed by atoms with Crippen molar-refractivity contribution in [3.05, 3.63) is 188 Å². The average molecular weight is 711 g/mol. The van der Waals surface area contributed by atoms with Crippen molar-refractivity contribution in [1.82, 2.24) is 4.48 Å². The van der Waals surface area contributed by atoms with Gasteiger partial charge in [-0.05, 0) is 85.9 Å². The number of aromatic nitrogens is 1. The summed E-state index contributed by atoms with van der Waals surface area (Å²) in [6.07, 6.45) is 0. The Morgan fingerprint density at radius 1 is 0.464 bits per heavy atom. The molecular weight excluding hydrogens is 679 g/mol. The molecule has 56 heavy (non-hydrogen) atoms. The number of fused-ring (bicyclic) bond motifs is 13. The Bertz CT molecular complexity index is 3420. The van der Waals surface area contributed by atoms with Crippen molar-refractivity contribution in [1.29, 1.82) is 0 Å². The van der Waals surface area contributed by atoms with Crippen LogP contribution in [0.15, 0.2) is 192 Å². The standard InChI is InChI=1S/C52H31BN2O/c1-3-12-32(13-4-1)34-22-26-37(27-23-34)54-45-28-25-36(33-14-5-2-6-15-33)30-44(45)53-49-42(31-43-39-18-9-10-21-47(39)56-52(43)51(49)54)40-19-11-20-41-48-38-17-8-7-16-35(38)24-29-46(48)55(53)50(40)41/h1-31H. The fraction of sp³-hybridized carbons (Fsp3) is 0. The molecule has 0 saturated carbocycles. The lowest BCUT2D eigenvalue weighted by atomic mass is 9.45. The first-order valence-corrected chi connectivity index (χ1v) is 19.4. The van der Waals surface area contributed by atoms with E-state index in [1.165, 1.54) is 76.9 Å². The van der Waals surface area contributed by atoms with Gasteiger partial charge in [0, 0.05) is 49.5 Å². The first-order valence-electron chi connectivity index (χ1n) is 19.4. The molecule has 11 aromatic rings. The summed E-state index contributed by atoms with van der Waals surface area (Å²) in [6, 6.07) is 68.8. The molecule has 0 spiro atoms. The van der Waals surface area contributed by atoms with Gasteiger partial charge in [-0.3, -0.25) is 0 Å². The second kappa shape index (κ2) is 11.1. The molecule has 0 saturated heterocycles. The van der Waals surface area contributed by atoms with Crippen molar-refractivity contribution in [2.45, 2.75) is 0 Å². The van der Waals surface area contributed by atoms with E-state index in [0.29, 0.717) is 0 Å². The van der Waals surface area contributed by atoms with Crippen molar-refractivity contribution in [3.8, 4) is 33.4 Å². The van der Waals surface area contributed by atoms with Crippen LogP contribution in [0.4, 0.5) is 17.1 Å². The van der Waals surface area contributed by atoms with Crippen LogP contribution in [-0.4, -0.2) is 11.3 Å². The minimum absolute atomic E-state index is 0.104. The molecule has 258 valence electrons. The molecule has 4 heteroatoms. The molecule has 0 N–H and O–H groups in total. The van der Waals surface area contributed by atoms with Crippen LogP contribution in [0.3, 0.4) is 0 Å². The number of furan rings is 1. The molecule has 0 unspecified atom stereocenters. The largest absolute Gasteiger partial charge is 0.454 e. The summed E-state index contributed by atoms with van der Waals surface area (Å²) < 4.78 is 9.66. The molecule has 0 bridgehead atoms. The lowest BCUT2D eigenvalue weighted by Crippen LogP contribution is -2.56. The fourth-order valence-electron chi connectivity index (χ4n) is 9.97. The number of rotatable bonds is 3. The summed E-state index contributed by atoms with van der Waals surface area (Å²) in [7, 11) is 0. The summed E-state index contributed by atoms with van der Waals surface area (Å²) in [4.78, 5) is 2.48. The third kappa shape index (κ3) is 3.97. The average Bonchev–Trinajstić information content (AvgIpc) is 3.82. The van der Waals surface area contributed by atoms with E-state index in [9.17, 15) is 0 Å². The SMILES string of the molecule is c1ccc(-c2ccc(N3c4ccc(-c5ccccc5)cc4B4c5c(cc6c(oc7ccccc76)c53)-c3cccc5c6c7ccccc7ccc6n4c35)cc2)cc1. The monoisotopic (exact) mass is 710 g/mol. The van der Waals surface area contributed by atoms with E-state index in [1.807, 2.05) is 0 Å². The molecule has 0 aliphatic carbocycles. The van der Waals surface area contributed by atoms with Gasteiger partial charge in [0.05, 0.1) is 5.69 Å². The first kappa shape index (κ1) is 30.1. The van der Waals surface area contributed by atoms with E-state index in [1.54, 1.807) is 0 Å². The number of benzene rings is 9. The Hall–Kier alpha value is -7.30.